The number of nitrogens with one attached hydrogen (secondary N) is 1. The van der Waals surface area contributed by atoms with Gasteiger partial charge < -0.3 is 5.32 Å². The summed E-state index contributed by atoms with van der Waals surface area (Å²) in [5.74, 6) is 0.179. The average Bonchev–Trinajstić information content (AvgIpc) is 2.46. The highest BCUT2D eigenvalue weighted by Crippen LogP contribution is 2.19. The number of benzene rings is 1. The predicted octanol–water partition coefficient (Wildman–Crippen LogP) is 2.05. The van der Waals surface area contributed by atoms with Crippen LogP contribution in [0.1, 0.15) is 30.9 Å². The van der Waals surface area contributed by atoms with E-state index in [0.717, 1.165) is 38.0 Å². The van der Waals surface area contributed by atoms with Crippen LogP contribution in [0.25, 0.3) is 0 Å². The zero-order chi connectivity index (χ0) is 15.2. The zero-order valence-corrected chi connectivity index (χ0v) is 12.2. The normalized spacial score (nSPS) is 16.4. The number of rotatable bonds is 4. The summed E-state index contributed by atoms with van der Waals surface area (Å²) in [6.45, 7) is 4.80. The predicted molar refractivity (Wildman–Crippen MR) is 77.8 cm³/mol. The zero-order valence-electron chi connectivity index (χ0n) is 12.2. The van der Waals surface area contributed by atoms with Gasteiger partial charge in [-0.2, -0.15) is 5.26 Å². The van der Waals surface area contributed by atoms with E-state index >= 15 is 0 Å². The van der Waals surface area contributed by atoms with E-state index in [1.165, 1.54) is 19.1 Å². The van der Waals surface area contributed by atoms with E-state index < -0.39 is 0 Å². The van der Waals surface area contributed by atoms with Gasteiger partial charge in [0.2, 0.25) is 5.91 Å². The summed E-state index contributed by atoms with van der Waals surface area (Å²) in [7, 11) is 0. The van der Waals surface area contributed by atoms with Gasteiger partial charge in [-0.05, 0) is 55.6 Å². The standard InChI is InChI=1S/C16H20FN3O/c1-12(21)19-10-13-2-4-20(5-3-13)11-15-6-14(9-18)7-16(17)8-15/h6-8,13H,2-5,10-11H2,1H3,(H,19,21). The van der Waals surface area contributed by atoms with Crippen molar-refractivity contribution < 1.29 is 9.18 Å². The van der Waals surface area contributed by atoms with E-state index in [9.17, 15) is 9.18 Å². The Kier molecular flexibility index (Phi) is 5.29. The highest BCUT2D eigenvalue weighted by molar-refractivity contribution is 5.72. The number of amides is 1. The van der Waals surface area contributed by atoms with Gasteiger partial charge in [0.05, 0.1) is 11.6 Å². The molecule has 1 aromatic rings. The summed E-state index contributed by atoms with van der Waals surface area (Å²) >= 11 is 0. The number of hydrogen-bond donors (Lipinski definition) is 1. The van der Waals surface area contributed by atoms with Crippen molar-refractivity contribution in [1.82, 2.24) is 10.2 Å². The molecule has 112 valence electrons. The Hall–Kier alpha value is -1.93. The first kappa shape index (κ1) is 15.5. The van der Waals surface area contributed by atoms with Crippen molar-refractivity contribution in [3.63, 3.8) is 0 Å². The van der Waals surface area contributed by atoms with E-state index in [1.54, 1.807) is 6.07 Å². The highest BCUT2D eigenvalue weighted by Gasteiger charge is 2.19. The molecule has 2 rings (SSSR count). The number of hydrogen-bond acceptors (Lipinski definition) is 3. The Balaban J connectivity index is 1.85. The van der Waals surface area contributed by atoms with E-state index in [4.69, 9.17) is 5.26 Å². The molecule has 5 heteroatoms. The lowest BCUT2D eigenvalue weighted by molar-refractivity contribution is -0.119. The van der Waals surface area contributed by atoms with Crippen molar-refractivity contribution in [2.75, 3.05) is 19.6 Å². The number of piperidine rings is 1. The van der Waals surface area contributed by atoms with Gasteiger partial charge in [0.25, 0.3) is 0 Å². The molecule has 0 aliphatic carbocycles. The number of likely N-dealkylation sites (tertiary alicyclic amines) is 1. The number of nitrogens with zero attached hydrogens (tertiary/aromatic N) is 2. The van der Waals surface area contributed by atoms with Gasteiger partial charge in [-0.15, -0.1) is 0 Å². The van der Waals surface area contributed by atoms with Crippen molar-refractivity contribution in [1.29, 1.82) is 5.26 Å². The fourth-order valence-corrected chi connectivity index (χ4v) is 2.70. The quantitative estimate of drug-likeness (QED) is 0.923. The Morgan fingerprint density at radius 2 is 2.14 bits per heavy atom. The number of carbonyl (C=O) groups is 1. The van der Waals surface area contributed by atoms with Crippen LogP contribution in [0.4, 0.5) is 4.39 Å². The molecule has 0 unspecified atom stereocenters. The average molecular weight is 289 g/mol. The molecule has 0 atom stereocenters. The molecule has 1 aliphatic rings. The summed E-state index contributed by atoms with van der Waals surface area (Å²) in [5, 5.41) is 11.7. The van der Waals surface area contributed by atoms with E-state index in [-0.39, 0.29) is 11.7 Å². The van der Waals surface area contributed by atoms with Gasteiger partial charge in [0.15, 0.2) is 0 Å². The number of nitriles is 1. The van der Waals surface area contributed by atoms with Crippen LogP contribution in [-0.2, 0) is 11.3 Å². The highest BCUT2D eigenvalue weighted by atomic mass is 19.1. The van der Waals surface area contributed by atoms with Crippen LogP contribution in [0.5, 0.6) is 0 Å². The molecule has 21 heavy (non-hydrogen) atoms. The summed E-state index contributed by atoms with van der Waals surface area (Å²) < 4.78 is 13.4. The van der Waals surface area contributed by atoms with Crippen LogP contribution in [0.15, 0.2) is 18.2 Å². The Bertz CT molecular complexity index is 545. The Labute approximate surface area is 124 Å². The fraction of sp³-hybridized carbons (Fsp3) is 0.500. The van der Waals surface area contributed by atoms with Crippen molar-refractivity contribution >= 4 is 5.91 Å². The Morgan fingerprint density at radius 3 is 2.76 bits per heavy atom. The molecule has 0 bridgehead atoms. The van der Waals surface area contributed by atoms with Crippen molar-refractivity contribution in [3.8, 4) is 6.07 Å². The summed E-state index contributed by atoms with van der Waals surface area (Å²) in [4.78, 5) is 13.2. The molecule has 0 radical (unpaired) electrons. The first-order valence-corrected chi connectivity index (χ1v) is 7.23. The molecule has 1 fully saturated rings. The van der Waals surface area contributed by atoms with Gasteiger partial charge in [-0.1, -0.05) is 0 Å². The summed E-state index contributed by atoms with van der Waals surface area (Å²) in [5.41, 5.74) is 1.21. The third-order valence-electron chi connectivity index (χ3n) is 3.84. The van der Waals surface area contributed by atoms with Gasteiger partial charge in [-0.25, -0.2) is 4.39 Å². The molecule has 1 amide bonds. The molecule has 1 heterocycles. The molecule has 1 saturated heterocycles. The molecule has 1 aliphatic heterocycles. The van der Waals surface area contributed by atoms with Crippen LogP contribution >= 0.6 is 0 Å². The number of carbonyl (C=O) groups excluding carboxylic acids is 1. The second-order valence-corrected chi connectivity index (χ2v) is 5.62. The van der Waals surface area contributed by atoms with E-state index in [2.05, 4.69) is 10.2 Å². The van der Waals surface area contributed by atoms with E-state index in [1.807, 2.05) is 6.07 Å². The molecule has 1 aromatic carbocycles. The minimum Gasteiger partial charge on any atom is -0.356 e. The van der Waals surface area contributed by atoms with Crippen LogP contribution in [0, 0.1) is 23.1 Å². The van der Waals surface area contributed by atoms with Crippen molar-refractivity contribution in [3.05, 3.63) is 35.1 Å². The molecule has 0 saturated carbocycles. The molecule has 1 N–H and O–H groups in total. The lowest BCUT2D eigenvalue weighted by Crippen LogP contribution is -2.37. The maximum Gasteiger partial charge on any atom is 0.216 e. The lowest BCUT2D eigenvalue weighted by Gasteiger charge is -2.32. The largest absolute Gasteiger partial charge is 0.356 e. The maximum atomic E-state index is 13.4. The molecular weight excluding hydrogens is 269 g/mol. The third kappa shape index (κ3) is 4.83. The maximum absolute atomic E-state index is 13.4. The monoisotopic (exact) mass is 289 g/mol. The minimum atomic E-state index is -0.357. The molecule has 0 spiro atoms. The first-order chi connectivity index (χ1) is 10.1. The lowest BCUT2D eigenvalue weighted by atomic mass is 9.96. The van der Waals surface area contributed by atoms with Gasteiger partial charge in [0.1, 0.15) is 5.82 Å². The molecule has 4 nitrogen and oxygen atoms in total. The molecule has 0 aromatic heterocycles. The molecular formula is C16H20FN3O. The SMILES string of the molecule is CC(=O)NCC1CCN(Cc2cc(F)cc(C#N)c2)CC1. The summed E-state index contributed by atoms with van der Waals surface area (Å²) in [6, 6.07) is 6.47. The fourth-order valence-electron chi connectivity index (χ4n) is 2.70. The second-order valence-electron chi connectivity index (χ2n) is 5.62. The van der Waals surface area contributed by atoms with Crippen LogP contribution in [0.2, 0.25) is 0 Å². The first-order valence-electron chi connectivity index (χ1n) is 7.23. The van der Waals surface area contributed by atoms with Gasteiger partial charge in [-0.3, -0.25) is 9.69 Å². The third-order valence-corrected chi connectivity index (χ3v) is 3.84. The number of halogens is 1. The van der Waals surface area contributed by atoms with Crippen molar-refractivity contribution in [2.24, 2.45) is 5.92 Å². The van der Waals surface area contributed by atoms with Gasteiger partial charge >= 0.3 is 0 Å². The van der Waals surface area contributed by atoms with Gasteiger partial charge in [0, 0.05) is 20.0 Å². The second kappa shape index (κ2) is 7.19. The minimum absolute atomic E-state index is 0.0150. The van der Waals surface area contributed by atoms with Crippen LogP contribution in [-0.4, -0.2) is 30.4 Å². The van der Waals surface area contributed by atoms with Crippen LogP contribution in [0.3, 0.4) is 0 Å². The topological polar surface area (TPSA) is 56.1 Å². The smallest absolute Gasteiger partial charge is 0.216 e. The summed E-state index contributed by atoms with van der Waals surface area (Å²) in [6.07, 6.45) is 2.06. The Morgan fingerprint density at radius 1 is 1.43 bits per heavy atom. The van der Waals surface area contributed by atoms with Crippen molar-refractivity contribution in [2.45, 2.75) is 26.3 Å². The van der Waals surface area contributed by atoms with E-state index in [0.29, 0.717) is 18.0 Å². The van der Waals surface area contributed by atoms with Crippen LogP contribution < -0.4 is 5.32 Å².